The summed E-state index contributed by atoms with van der Waals surface area (Å²) in [4.78, 5) is 29.2. The maximum absolute atomic E-state index is 12.9. The Kier molecular flexibility index (Phi) is 3.54. The fourth-order valence-corrected chi connectivity index (χ4v) is 3.16. The van der Waals surface area contributed by atoms with Crippen molar-refractivity contribution in [1.82, 2.24) is 15.2 Å². The highest BCUT2D eigenvalue weighted by Gasteiger charge is 2.35. The first-order valence-corrected chi connectivity index (χ1v) is 7.82. The second-order valence-corrected chi connectivity index (χ2v) is 5.90. The molecule has 2 atom stereocenters. The van der Waals surface area contributed by atoms with Crippen molar-refractivity contribution in [3.8, 4) is 0 Å². The van der Waals surface area contributed by atoms with E-state index in [-0.39, 0.29) is 11.6 Å². The number of fused-ring (bicyclic) bond motifs is 1. The number of aromatic nitrogens is 3. The van der Waals surface area contributed by atoms with Crippen LogP contribution in [0.25, 0.3) is 10.9 Å². The first-order chi connectivity index (χ1) is 11.7. The van der Waals surface area contributed by atoms with Crippen LogP contribution in [-0.4, -0.2) is 26.7 Å². The molecule has 0 aliphatic heterocycles. The summed E-state index contributed by atoms with van der Waals surface area (Å²) in [6, 6.07) is 11.4. The number of Topliss-reactive ketones (excluding diaryl/α,β-unsaturated/α-hetero) is 1. The minimum atomic E-state index is -0.702. The first-order valence-electron chi connectivity index (χ1n) is 7.82. The zero-order chi connectivity index (χ0) is 16.5. The molecule has 1 aliphatic carbocycles. The third-order valence-corrected chi connectivity index (χ3v) is 4.44. The number of allylic oxidation sites excluding steroid dienone is 2. The monoisotopic (exact) mass is 317 g/mol. The molecule has 1 N–H and O–H groups in total. The largest absolute Gasteiger partial charge is 0.298 e. The van der Waals surface area contributed by atoms with Crippen molar-refractivity contribution >= 4 is 22.5 Å². The number of hydrogen-bond donors (Lipinski definition) is 1. The van der Waals surface area contributed by atoms with Gasteiger partial charge in [-0.1, -0.05) is 30.3 Å². The van der Waals surface area contributed by atoms with Gasteiger partial charge in [-0.05, 0) is 23.8 Å². The number of para-hydroxylation sites is 1. The SMILES string of the molecule is O=C1C=CC(c2cccnc2)C(=O)C1Cc1n[nH]c2ccccc12. The third kappa shape index (κ3) is 2.44. The average Bonchev–Trinajstić information content (AvgIpc) is 3.02. The van der Waals surface area contributed by atoms with E-state index in [9.17, 15) is 9.59 Å². The van der Waals surface area contributed by atoms with Crippen LogP contribution in [0.5, 0.6) is 0 Å². The highest BCUT2D eigenvalue weighted by atomic mass is 16.2. The molecule has 0 fully saturated rings. The van der Waals surface area contributed by atoms with Crippen LogP contribution in [0.2, 0.25) is 0 Å². The molecule has 2 aromatic heterocycles. The number of aromatic amines is 1. The summed E-state index contributed by atoms with van der Waals surface area (Å²) < 4.78 is 0. The first kappa shape index (κ1) is 14.5. The molecule has 24 heavy (non-hydrogen) atoms. The van der Waals surface area contributed by atoms with Crippen LogP contribution in [0, 0.1) is 5.92 Å². The number of carbonyl (C=O) groups is 2. The van der Waals surface area contributed by atoms with Crippen molar-refractivity contribution in [1.29, 1.82) is 0 Å². The number of pyridine rings is 1. The summed E-state index contributed by atoms with van der Waals surface area (Å²) >= 11 is 0. The fourth-order valence-electron chi connectivity index (χ4n) is 3.16. The highest BCUT2D eigenvalue weighted by Crippen LogP contribution is 2.29. The molecule has 0 bridgehead atoms. The van der Waals surface area contributed by atoms with Gasteiger partial charge in [-0.2, -0.15) is 5.10 Å². The number of ketones is 2. The predicted octanol–water partition coefficient (Wildman–Crippen LogP) is 2.61. The molecule has 0 saturated heterocycles. The lowest BCUT2D eigenvalue weighted by Gasteiger charge is -2.22. The Morgan fingerprint density at radius 1 is 1.08 bits per heavy atom. The highest BCUT2D eigenvalue weighted by molar-refractivity contribution is 6.13. The van der Waals surface area contributed by atoms with E-state index in [4.69, 9.17) is 0 Å². The van der Waals surface area contributed by atoms with Crippen molar-refractivity contribution in [2.45, 2.75) is 12.3 Å². The van der Waals surface area contributed by atoms with E-state index in [1.807, 2.05) is 30.3 Å². The molecule has 4 rings (SSSR count). The summed E-state index contributed by atoms with van der Waals surface area (Å²) in [5, 5.41) is 8.19. The molecular weight excluding hydrogens is 302 g/mol. The molecule has 0 radical (unpaired) electrons. The second kappa shape index (κ2) is 5.85. The Labute approximate surface area is 138 Å². The van der Waals surface area contributed by atoms with Crippen LogP contribution in [0.3, 0.4) is 0 Å². The number of nitrogens with one attached hydrogen (secondary N) is 1. The quantitative estimate of drug-likeness (QED) is 0.753. The molecule has 3 aromatic rings. The molecular formula is C19H15N3O2. The Morgan fingerprint density at radius 2 is 1.96 bits per heavy atom. The molecule has 118 valence electrons. The number of hydrogen-bond acceptors (Lipinski definition) is 4. The standard InChI is InChI=1S/C19H15N3O2/c23-18-8-7-13(12-4-3-9-20-11-12)19(24)15(18)10-17-14-5-1-2-6-16(14)21-22-17/h1-9,11,13,15H,10H2,(H,21,22). The molecule has 5 nitrogen and oxygen atoms in total. The van der Waals surface area contributed by atoms with Gasteiger partial charge < -0.3 is 0 Å². The molecule has 5 heteroatoms. The zero-order valence-corrected chi connectivity index (χ0v) is 12.8. The Balaban J connectivity index is 1.66. The lowest BCUT2D eigenvalue weighted by Crippen LogP contribution is -2.32. The van der Waals surface area contributed by atoms with Gasteiger partial charge in [0.1, 0.15) is 0 Å². The van der Waals surface area contributed by atoms with Crippen molar-refractivity contribution in [3.63, 3.8) is 0 Å². The average molecular weight is 317 g/mol. The maximum Gasteiger partial charge on any atom is 0.166 e. The molecule has 2 heterocycles. The van der Waals surface area contributed by atoms with Crippen LogP contribution >= 0.6 is 0 Å². The summed E-state index contributed by atoms with van der Waals surface area (Å²) in [5.41, 5.74) is 2.46. The van der Waals surface area contributed by atoms with Crippen LogP contribution in [0.4, 0.5) is 0 Å². The lowest BCUT2D eigenvalue weighted by atomic mass is 9.79. The van der Waals surface area contributed by atoms with Gasteiger partial charge in [-0.3, -0.25) is 19.7 Å². The summed E-state index contributed by atoms with van der Waals surface area (Å²) in [6.45, 7) is 0. The van der Waals surface area contributed by atoms with E-state index in [1.165, 1.54) is 6.08 Å². The van der Waals surface area contributed by atoms with Crippen LogP contribution in [0.1, 0.15) is 17.2 Å². The number of H-pyrrole nitrogens is 1. The molecule has 1 aliphatic rings. The molecule has 1 aromatic carbocycles. The van der Waals surface area contributed by atoms with Crippen LogP contribution in [0.15, 0.2) is 60.9 Å². The summed E-state index contributed by atoms with van der Waals surface area (Å²) in [7, 11) is 0. The van der Waals surface area contributed by atoms with Crippen LogP contribution in [-0.2, 0) is 16.0 Å². The minimum absolute atomic E-state index is 0.0948. The fraction of sp³-hybridized carbons (Fsp3) is 0.158. The molecule has 0 amide bonds. The third-order valence-electron chi connectivity index (χ3n) is 4.44. The van der Waals surface area contributed by atoms with Gasteiger partial charge in [0.25, 0.3) is 0 Å². The van der Waals surface area contributed by atoms with Gasteiger partial charge in [-0.25, -0.2) is 0 Å². The summed E-state index contributed by atoms with van der Waals surface area (Å²) in [5.74, 6) is -1.38. The number of benzene rings is 1. The topological polar surface area (TPSA) is 75.7 Å². The smallest absolute Gasteiger partial charge is 0.166 e. The Hall–Kier alpha value is -3.08. The van der Waals surface area contributed by atoms with Gasteiger partial charge in [0.15, 0.2) is 11.6 Å². The maximum atomic E-state index is 12.9. The molecule has 2 unspecified atom stereocenters. The minimum Gasteiger partial charge on any atom is -0.298 e. The number of nitrogens with zero attached hydrogens (tertiary/aromatic N) is 2. The predicted molar refractivity (Wildman–Crippen MR) is 89.4 cm³/mol. The molecule has 0 spiro atoms. The van der Waals surface area contributed by atoms with Gasteiger partial charge in [-0.15, -0.1) is 0 Å². The van der Waals surface area contributed by atoms with Crippen molar-refractivity contribution < 1.29 is 9.59 Å². The Bertz CT molecular complexity index is 943. The van der Waals surface area contributed by atoms with E-state index in [1.54, 1.807) is 24.5 Å². The Morgan fingerprint density at radius 3 is 2.79 bits per heavy atom. The van der Waals surface area contributed by atoms with Crippen molar-refractivity contribution in [2.75, 3.05) is 0 Å². The second-order valence-electron chi connectivity index (χ2n) is 5.90. The van der Waals surface area contributed by atoms with E-state index < -0.39 is 11.8 Å². The van der Waals surface area contributed by atoms with Gasteiger partial charge in [0, 0.05) is 24.2 Å². The van der Waals surface area contributed by atoms with E-state index in [0.29, 0.717) is 6.42 Å². The molecule has 0 saturated carbocycles. The lowest BCUT2D eigenvalue weighted by molar-refractivity contribution is -0.131. The normalized spacial score (nSPS) is 20.7. The number of rotatable bonds is 3. The van der Waals surface area contributed by atoms with Gasteiger partial charge in [0.2, 0.25) is 0 Å². The van der Waals surface area contributed by atoms with E-state index >= 15 is 0 Å². The zero-order valence-electron chi connectivity index (χ0n) is 12.8. The van der Waals surface area contributed by atoms with E-state index in [2.05, 4.69) is 15.2 Å². The summed E-state index contributed by atoms with van der Waals surface area (Å²) in [6.07, 6.45) is 6.82. The van der Waals surface area contributed by atoms with Crippen molar-refractivity contribution in [2.24, 2.45) is 5.92 Å². The van der Waals surface area contributed by atoms with Gasteiger partial charge in [0.05, 0.1) is 23.0 Å². The van der Waals surface area contributed by atoms with Gasteiger partial charge >= 0.3 is 0 Å². The van der Waals surface area contributed by atoms with E-state index in [0.717, 1.165) is 22.2 Å². The number of carbonyl (C=O) groups excluding carboxylic acids is 2. The van der Waals surface area contributed by atoms with Crippen LogP contribution < -0.4 is 0 Å². The van der Waals surface area contributed by atoms with Crippen molar-refractivity contribution in [3.05, 3.63) is 72.2 Å².